The summed E-state index contributed by atoms with van der Waals surface area (Å²) in [6.45, 7) is 5.01. The number of aryl methyl sites for hydroxylation is 1. The van der Waals surface area contributed by atoms with E-state index in [1.54, 1.807) is 6.07 Å². The van der Waals surface area contributed by atoms with Gasteiger partial charge in [0.25, 0.3) is 0 Å². The molecule has 1 nitrogen and oxygen atoms in total. The number of hydrogen-bond donors (Lipinski definition) is 1. The van der Waals surface area contributed by atoms with Crippen molar-refractivity contribution in [3.05, 3.63) is 68.2 Å². The highest BCUT2D eigenvalue weighted by atomic mass is 35.5. The summed E-state index contributed by atoms with van der Waals surface area (Å²) in [4.78, 5) is 0. The Morgan fingerprint density at radius 3 is 2.43 bits per heavy atom. The topological polar surface area (TPSA) is 12.0 Å². The zero-order valence-corrected chi connectivity index (χ0v) is 14.4. The summed E-state index contributed by atoms with van der Waals surface area (Å²) in [6.07, 6.45) is 1.04. The van der Waals surface area contributed by atoms with Gasteiger partial charge in [-0.25, -0.2) is 0 Å². The Hall–Kier alpha value is -0.730. The summed E-state index contributed by atoms with van der Waals surface area (Å²) in [5.74, 6) is 0. The number of rotatable bonds is 5. The first-order chi connectivity index (χ1) is 10.0. The summed E-state index contributed by atoms with van der Waals surface area (Å²) < 4.78 is 0. The van der Waals surface area contributed by atoms with Crippen LogP contribution in [0.1, 0.15) is 36.1 Å². The van der Waals surface area contributed by atoms with Gasteiger partial charge in [0.05, 0.1) is 6.04 Å². The molecule has 112 valence electrons. The first-order valence-corrected chi connectivity index (χ1v) is 8.10. The van der Waals surface area contributed by atoms with Crippen LogP contribution in [-0.2, 0) is 0 Å². The van der Waals surface area contributed by atoms with Gasteiger partial charge in [0.15, 0.2) is 0 Å². The van der Waals surface area contributed by atoms with E-state index in [-0.39, 0.29) is 6.04 Å². The summed E-state index contributed by atoms with van der Waals surface area (Å²) in [7, 11) is 0. The maximum absolute atomic E-state index is 6.36. The Balaban J connectivity index is 2.46. The van der Waals surface area contributed by atoms with Crippen molar-refractivity contribution >= 4 is 34.8 Å². The van der Waals surface area contributed by atoms with Crippen molar-refractivity contribution in [3.8, 4) is 0 Å². The number of halogens is 3. The maximum Gasteiger partial charge on any atom is 0.0592 e. The lowest BCUT2D eigenvalue weighted by atomic mass is 9.97. The Morgan fingerprint density at radius 1 is 1.00 bits per heavy atom. The fraction of sp³-hybridized carbons (Fsp3) is 0.294. The van der Waals surface area contributed by atoms with E-state index in [9.17, 15) is 0 Å². The molecule has 21 heavy (non-hydrogen) atoms. The van der Waals surface area contributed by atoms with E-state index >= 15 is 0 Å². The van der Waals surface area contributed by atoms with Gasteiger partial charge < -0.3 is 5.32 Å². The van der Waals surface area contributed by atoms with Crippen LogP contribution in [0.25, 0.3) is 0 Å². The maximum atomic E-state index is 6.36. The van der Waals surface area contributed by atoms with E-state index in [2.05, 4.69) is 18.3 Å². The van der Waals surface area contributed by atoms with Gasteiger partial charge in [-0.15, -0.1) is 0 Å². The second-order valence-electron chi connectivity index (χ2n) is 5.06. The zero-order valence-electron chi connectivity index (χ0n) is 12.1. The fourth-order valence-electron chi connectivity index (χ4n) is 2.22. The summed E-state index contributed by atoms with van der Waals surface area (Å²) in [6, 6.07) is 11.6. The molecule has 0 radical (unpaired) electrons. The van der Waals surface area contributed by atoms with E-state index in [1.165, 1.54) is 0 Å². The molecule has 1 atom stereocenters. The lowest BCUT2D eigenvalue weighted by Crippen LogP contribution is -2.23. The summed E-state index contributed by atoms with van der Waals surface area (Å²) >= 11 is 18.7. The molecule has 0 amide bonds. The first kappa shape index (κ1) is 16.6. The smallest absolute Gasteiger partial charge is 0.0592 e. The van der Waals surface area contributed by atoms with Crippen molar-refractivity contribution in [3.63, 3.8) is 0 Å². The third kappa shape index (κ3) is 4.14. The number of benzene rings is 2. The van der Waals surface area contributed by atoms with Crippen LogP contribution in [0, 0.1) is 6.92 Å². The average Bonchev–Trinajstić information content (AvgIpc) is 2.46. The van der Waals surface area contributed by atoms with Crippen LogP contribution in [0.3, 0.4) is 0 Å². The van der Waals surface area contributed by atoms with Crippen molar-refractivity contribution < 1.29 is 0 Å². The monoisotopic (exact) mass is 341 g/mol. The van der Waals surface area contributed by atoms with E-state index in [1.807, 2.05) is 31.2 Å². The third-order valence-electron chi connectivity index (χ3n) is 3.40. The highest BCUT2D eigenvalue weighted by molar-refractivity contribution is 6.33. The summed E-state index contributed by atoms with van der Waals surface area (Å²) in [5.41, 5.74) is 3.12. The molecular formula is C17H18Cl3N. The number of nitrogens with one attached hydrogen (secondary N) is 1. The minimum Gasteiger partial charge on any atom is -0.306 e. The molecule has 0 aliphatic heterocycles. The van der Waals surface area contributed by atoms with Gasteiger partial charge in [-0.1, -0.05) is 53.9 Å². The van der Waals surface area contributed by atoms with Crippen molar-refractivity contribution in [1.82, 2.24) is 5.32 Å². The van der Waals surface area contributed by atoms with Crippen LogP contribution >= 0.6 is 34.8 Å². The largest absolute Gasteiger partial charge is 0.306 e. The van der Waals surface area contributed by atoms with Gasteiger partial charge in [0, 0.05) is 15.1 Å². The third-order valence-corrected chi connectivity index (χ3v) is 4.38. The molecule has 4 heteroatoms. The van der Waals surface area contributed by atoms with E-state index < -0.39 is 0 Å². The lowest BCUT2D eigenvalue weighted by Gasteiger charge is -2.21. The molecule has 0 aromatic heterocycles. The zero-order chi connectivity index (χ0) is 15.4. The first-order valence-electron chi connectivity index (χ1n) is 6.97. The fourth-order valence-corrected chi connectivity index (χ4v) is 2.82. The standard InChI is InChI=1S/C17H18Cl3N/c1-3-8-21-17(12-5-4-11(2)16(20)9-12)14-10-13(18)6-7-15(14)19/h4-7,9-10,17,21H,3,8H2,1-2H3. The number of hydrogen-bond acceptors (Lipinski definition) is 1. The Labute approximate surface area is 141 Å². The minimum absolute atomic E-state index is 0.0192. The molecule has 0 saturated heterocycles. The lowest BCUT2D eigenvalue weighted by molar-refractivity contribution is 0.598. The predicted octanol–water partition coefficient (Wildman–Crippen LogP) is 6.04. The molecule has 1 unspecified atom stereocenters. The SMILES string of the molecule is CCCNC(c1ccc(C)c(Cl)c1)c1cc(Cl)ccc1Cl. The quantitative estimate of drug-likeness (QED) is 0.698. The predicted molar refractivity (Wildman–Crippen MR) is 92.8 cm³/mol. The Kier molecular flexibility index (Phi) is 5.95. The normalized spacial score (nSPS) is 12.4. The molecule has 0 aliphatic carbocycles. The molecule has 2 aromatic carbocycles. The van der Waals surface area contributed by atoms with Crippen LogP contribution in [-0.4, -0.2) is 6.54 Å². The molecule has 1 N–H and O–H groups in total. The molecule has 2 aromatic rings. The summed E-state index contributed by atoms with van der Waals surface area (Å²) in [5, 5.41) is 5.65. The van der Waals surface area contributed by atoms with Crippen LogP contribution < -0.4 is 5.32 Å². The van der Waals surface area contributed by atoms with Gasteiger partial charge in [-0.2, -0.15) is 0 Å². The van der Waals surface area contributed by atoms with Crippen LogP contribution in [0.5, 0.6) is 0 Å². The van der Waals surface area contributed by atoms with Gasteiger partial charge >= 0.3 is 0 Å². The van der Waals surface area contributed by atoms with E-state index in [0.717, 1.165) is 34.7 Å². The average molecular weight is 343 g/mol. The van der Waals surface area contributed by atoms with Gasteiger partial charge in [0.1, 0.15) is 0 Å². The molecule has 0 aliphatic rings. The van der Waals surface area contributed by atoms with E-state index in [0.29, 0.717) is 10.0 Å². The van der Waals surface area contributed by atoms with Crippen molar-refractivity contribution in [2.24, 2.45) is 0 Å². The molecule has 0 spiro atoms. The molecule has 0 fully saturated rings. The molecular weight excluding hydrogens is 325 g/mol. The Bertz CT molecular complexity index is 625. The minimum atomic E-state index is -0.0192. The van der Waals surface area contributed by atoms with Gasteiger partial charge in [0.2, 0.25) is 0 Å². The van der Waals surface area contributed by atoms with Gasteiger partial charge in [-0.3, -0.25) is 0 Å². The Morgan fingerprint density at radius 2 is 1.76 bits per heavy atom. The van der Waals surface area contributed by atoms with Crippen LogP contribution in [0.15, 0.2) is 36.4 Å². The van der Waals surface area contributed by atoms with Crippen molar-refractivity contribution in [2.45, 2.75) is 26.3 Å². The van der Waals surface area contributed by atoms with Crippen LogP contribution in [0.4, 0.5) is 0 Å². The van der Waals surface area contributed by atoms with Crippen LogP contribution in [0.2, 0.25) is 15.1 Å². The molecule has 0 bridgehead atoms. The molecule has 0 heterocycles. The van der Waals surface area contributed by atoms with Crippen molar-refractivity contribution in [2.75, 3.05) is 6.54 Å². The second kappa shape index (κ2) is 7.51. The van der Waals surface area contributed by atoms with Gasteiger partial charge in [-0.05, 0) is 60.8 Å². The van der Waals surface area contributed by atoms with E-state index in [4.69, 9.17) is 34.8 Å². The molecule has 0 saturated carbocycles. The molecule has 2 rings (SSSR count). The highest BCUT2D eigenvalue weighted by Gasteiger charge is 2.17. The van der Waals surface area contributed by atoms with Crippen molar-refractivity contribution in [1.29, 1.82) is 0 Å². The second-order valence-corrected chi connectivity index (χ2v) is 6.31. The highest BCUT2D eigenvalue weighted by Crippen LogP contribution is 2.32.